The monoisotopic (exact) mass is 319 g/mol. The SMILES string of the molecule is NC(Cc1ccccc1)Cc1nc(-c2cc3ccccc3o2)no1. The molecule has 0 saturated heterocycles. The average Bonchev–Trinajstić information content (AvgIpc) is 3.22. The third kappa shape index (κ3) is 3.07. The van der Waals surface area contributed by atoms with Crippen LogP contribution in [0.25, 0.3) is 22.6 Å². The Morgan fingerprint density at radius 1 is 0.958 bits per heavy atom. The van der Waals surface area contributed by atoms with Crippen molar-refractivity contribution < 1.29 is 8.94 Å². The summed E-state index contributed by atoms with van der Waals surface area (Å²) in [6, 6.07) is 19.8. The quantitative estimate of drug-likeness (QED) is 0.608. The van der Waals surface area contributed by atoms with Gasteiger partial charge >= 0.3 is 0 Å². The molecule has 2 aromatic heterocycles. The minimum atomic E-state index is -0.0728. The maximum absolute atomic E-state index is 6.20. The molecule has 1 atom stereocenters. The standard InChI is InChI=1S/C19H17N3O2/c20-15(10-13-6-2-1-3-7-13)12-18-21-19(22-24-18)17-11-14-8-4-5-9-16(14)23-17/h1-9,11,15H,10,12,20H2. The van der Waals surface area contributed by atoms with E-state index in [9.17, 15) is 0 Å². The molecule has 5 nitrogen and oxygen atoms in total. The van der Waals surface area contributed by atoms with E-state index in [1.807, 2.05) is 48.5 Å². The number of benzene rings is 2. The van der Waals surface area contributed by atoms with Crippen LogP contribution in [0.3, 0.4) is 0 Å². The molecular formula is C19H17N3O2. The third-order valence-corrected chi connectivity index (χ3v) is 3.89. The third-order valence-electron chi connectivity index (χ3n) is 3.89. The van der Waals surface area contributed by atoms with Gasteiger partial charge in [0.05, 0.1) is 0 Å². The highest BCUT2D eigenvalue weighted by atomic mass is 16.5. The van der Waals surface area contributed by atoms with Crippen molar-refractivity contribution in [3.63, 3.8) is 0 Å². The van der Waals surface area contributed by atoms with Gasteiger partial charge in [-0.25, -0.2) is 0 Å². The van der Waals surface area contributed by atoms with Crippen molar-refractivity contribution in [2.75, 3.05) is 0 Å². The molecule has 2 heterocycles. The molecule has 0 aliphatic rings. The summed E-state index contributed by atoms with van der Waals surface area (Å²) in [6.07, 6.45) is 1.30. The van der Waals surface area contributed by atoms with Crippen LogP contribution < -0.4 is 5.73 Å². The van der Waals surface area contributed by atoms with E-state index in [0.29, 0.717) is 23.9 Å². The molecule has 0 radical (unpaired) electrons. The number of hydrogen-bond donors (Lipinski definition) is 1. The van der Waals surface area contributed by atoms with Gasteiger partial charge in [-0.05, 0) is 24.1 Å². The van der Waals surface area contributed by atoms with E-state index in [4.69, 9.17) is 14.7 Å². The van der Waals surface area contributed by atoms with Crippen molar-refractivity contribution in [1.82, 2.24) is 10.1 Å². The first-order valence-electron chi connectivity index (χ1n) is 7.89. The van der Waals surface area contributed by atoms with Crippen molar-refractivity contribution >= 4 is 11.0 Å². The van der Waals surface area contributed by atoms with E-state index in [-0.39, 0.29) is 6.04 Å². The molecule has 2 N–H and O–H groups in total. The average molecular weight is 319 g/mol. The van der Waals surface area contributed by atoms with Crippen molar-refractivity contribution in [2.45, 2.75) is 18.9 Å². The Morgan fingerprint density at radius 2 is 1.75 bits per heavy atom. The van der Waals surface area contributed by atoms with Crippen LogP contribution in [0, 0.1) is 0 Å². The normalized spacial score (nSPS) is 12.5. The molecule has 1 unspecified atom stereocenters. The molecule has 0 amide bonds. The highest BCUT2D eigenvalue weighted by Crippen LogP contribution is 2.25. The second-order valence-electron chi connectivity index (χ2n) is 5.81. The fourth-order valence-corrected chi connectivity index (χ4v) is 2.74. The number of furan rings is 1. The van der Waals surface area contributed by atoms with E-state index >= 15 is 0 Å². The van der Waals surface area contributed by atoms with Crippen molar-refractivity contribution in [3.05, 3.63) is 72.1 Å². The molecule has 2 aromatic carbocycles. The Hall–Kier alpha value is -2.92. The summed E-state index contributed by atoms with van der Waals surface area (Å²) in [5.74, 6) is 1.57. The summed E-state index contributed by atoms with van der Waals surface area (Å²) >= 11 is 0. The lowest BCUT2D eigenvalue weighted by Gasteiger charge is -2.08. The van der Waals surface area contributed by atoms with E-state index in [1.54, 1.807) is 0 Å². The topological polar surface area (TPSA) is 78.1 Å². The van der Waals surface area contributed by atoms with Crippen LogP contribution >= 0.6 is 0 Å². The number of aromatic nitrogens is 2. The highest BCUT2D eigenvalue weighted by molar-refractivity contribution is 5.81. The van der Waals surface area contributed by atoms with Gasteiger partial charge < -0.3 is 14.7 Å². The van der Waals surface area contributed by atoms with Gasteiger partial charge in [0, 0.05) is 17.8 Å². The molecule has 0 fully saturated rings. The summed E-state index contributed by atoms with van der Waals surface area (Å²) in [5.41, 5.74) is 8.20. The summed E-state index contributed by atoms with van der Waals surface area (Å²) in [6.45, 7) is 0. The summed E-state index contributed by atoms with van der Waals surface area (Å²) in [7, 11) is 0. The van der Waals surface area contributed by atoms with Crippen molar-refractivity contribution in [3.8, 4) is 11.6 Å². The highest BCUT2D eigenvalue weighted by Gasteiger charge is 2.15. The lowest BCUT2D eigenvalue weighted by Crippen LogP contribution is -2.25. The maximum atomic E-state index is 6.20. The van der Waals surface area contributed by atoms with Gasteiger partial charge in [0.15, 0.2) is 5.76 Å². The van der Waals surface area contributed by atoms with Crippen LogP contribution in [-0.4, -0.2) is 16.2 Å². The minimum absolute atomic E-state index is 0.0728. The van der Waals surface area contributed by atoms with Gasteiger partial charge in [0.2, 0.25) is 11.7 Å². The van der Waals surface area contributed by atoms with E-state index in [0.717, 1.165) is 17.4 Å². The van der Waals surface area contributed by atoms with Gasteiger partial charge in [-0.2, -0.15) is 4.98 Å². The van der Waals surface area contributed by atoms with Crippen LogP contribution in [-0.2, 0) is 12.8 Å². The smallest absolute Gasteiger partial charge is 0.238 e. The van der Waals surface area contributed by atoms with Gasteiger partial charge in [-0.1, -0.05) is 53.7 Å². The zero-order valence-electron chi connectivity index (χ0n) is 13.1. The first-order valence-corrected chi connectivity index (χ1v) is 7.89. The molecule has 0 aliphatic heterocycles. The Bertz CT molecular complexity index is 910. The molecule has 120 valence electrons. The Kier molecular flexibility index (Phi) is 3.84. The van der Waals surface area contributed by atoms with E-state index in [2.05, 4.69) is 22.3 Å². The summed E-state index contributed by atoms with van der Waals surface area (Å²) in [5, 5.41) is 5.02. The zero-order chi connectivity index (χ0) is 16.4. The van der Waals surface area contributed by atoms with Crippen LogP contribution in [0.2, 0.25) is 0 Å². The molecule has 4 rings (SSSR count). The molecular weight excluding hydrogens is 302 g/mol. The maximum Gasteiger partial charge on any atom is 0.238 e. The van der Waals surface area contributed by atoms with Crippen LogP contribution in [0.5, 0.6) is 0 Å². The molecule has 24 heavy (non-hydrogen) atoms. The fraction of sp³-hybridized carbons (Fsp3) is 0.158. The molecule has 0 spiro atoms. The first kappa shape index (κ1) is 14.7. The lowest BCUT2D eigenvalue weighted by atomic mass is 10.0. The zero-order valence-corrected chi connectivity index (χ0v) is 13.1. The number of nitrogens with zero attached hydrogens (tertiary/aromatic N) is 2. The van der Waals surface area contributed by atoms with Gasteiger partial charge in [0.1, 0.15) is 5.58 Å². The second-order valence-corrected chi connectivity index (χ2v) is 5.81. The van der Waals surface area contributed by atoms with Crippen LogP contribution in [0.4, 0.5) is 0 Å². The second kappa shape index (κ2) is 6.29. The van der Waals surface area contributed by atoms with E-state index in [1.165, 1.54) is 5.56 Å². The Balaban J connectivity index is 1.48. The number of fused-ring (bicyclic) bond motifs is 1. The number of nitrogens with two attached hydrogens (primary N) is 1. The van der Waals surface area contributed by atoms with E-state index < -0.39 is 0 Å². The molecule has 4 aromatic rings. The number of para-hydroxylation sites is 1. The van der Waals surface area contributed by atoms with Crippen molar-refractivity contribution in [2.24, 2.45) is 5.73 Å². The predicted molar refractivity (Wildman–Crippen MR) is 91.3 cm³/mol. The van der Waals surface area contributed by atoms with Gasteiger partial charge in [-0.15, -0.1) is 0 Å². The van der Waals surface area contributed by atoms with Crippen LogP contribution in [0.15, 0.2) is 69.6 Å². The van der Waals surface area contributed by atoms with Gasteiger partial charge in [-0.3, -0.25) is 0 Å². The van der Waals surface area contributed by atoms with Gasteiger partial charge in [0.25, 0.3) is 0 Å². The van der Waals surface area contributed by atoms with Crippen LogP contribution in [0.1, 0.15) is 11.5 Å². The molecule has 5 heteroatoms. The Labute approximate surface area is 139 Å². The van der Waals surface area contributed by atoms with Crippen molar-refractivity contribution in [1.29, 1.82) is 0 Å². The fourth-order valence-electron chi connectivity index (χ4n) is 2.74. The summed E-state index contributed by atoms with van der Waals surface area (Å²) in [4.78, 5) is 4.41. The molecule has 0 bridgehead atoms. The largest absolute Gasteiger partial charge is 0.453 e. The first-order chi connectivity index (χ1) is 11.8. The Morgan fingerprint density at radius 3 is 2.58 bits per heavy atom. The number of rotatable bonds is 5. The predicted octanol–water partition coefficient (Wildman–Crippen LogP) is 3.60. The lowest BCUT2D eigenvalue weighted by molar-refractivity contribution is 0.368. The summed E-state index contributed by atoms with van der Waals surface area (Å²) < 4.78 is 11.1. The molecule has 0 aliphatic carbocycles. The molecule has 0 saturated carbocycles. The minimum Gasteiger partial charge on any atom is -0.453 e. The number of hydrogen-bond acceptors (Lipinski definition) is 5.